The number of carbonyl (C=O) groups excluding carboxylic acids is 1. The third kappa shape index (κ3) is 1.92. The molecule has 1 aliphatic rings. The summed E-state index contributed by atoms with van der Waals surface area (Å²) in [5, 5.41) is 6.91. The van der Waals surface area contributed by atoms with Crippen LogP contribution in [-0.2, 0) is 10.3 Å². The zero-order valence-electron chi connectivity index (χ0n) is 9.45. The van der Waals surface area contributed by atoms with E-state index in [1.165, 1.54) is 0 Å². The first-order chi connectivity index (χ1) is 7.65. The van der Waals surface area contributed by atoms with Gasteiger partial charge in [-0.05, 0) is 38.4 Å². The van der Waals surface area contributed by atoms with Gasteiger partial charge in [-0.3, -0.25) is 0 Å². The summed E-state index contributed by atoms with van der Waals surface area (Å²) in [5.74, 6) is -0.0982. The minimum atomic E-state index is -0.543. The van der Waals surface area contributed by atoms with Gasteiger partial charge in [-0.1, -0.05) is 0 Å². The highest BCUT2D eigenvalue weighted by atomic mass is 16.5. The second-order valence-corrected chi connectivity index (χ2v) is 4.01. The summed E-state index contributed by atoms with van der Waals surface area (Å²) in [6, 6.07) is 0. The van der Waals surface area contributed by atoms with Crippen molar-refractivity contribution < 1.29 is 14.1 Å². The van der Waals surface area contributed by atoms with Crippen LogP contribution in [0.15, 0.2) is 4.52 Å². The van der Waals surface area contributed by atoms with E-state index in [2.05, 4.69) is 15.5 Å². The second-order valence-electron chi connectivity index (χ2n) is 4.01. The van der Waals surface area contributed by atoms with E-state index < -0.39 is 5.97 Å². The molecule has 1 atom stereocenters. The van der Waals surface area contributed by atoms with E-state index in [0.717, 1.165) is 19.4 Å². The maximum atomic E-state index is 11.3. The van der Waals surface area contributed by atoms with Gasteiger partial charge in [0.25, 0.3) is 5.82 Å². The van der Waals surface area contributed by atoms with Crippen molar-refractivity contribution in [1.82, 2.24) is 15.5 Å². The molecule has 2 rings (SSSR count). The van der Waals surface area contributed by atoms with Crippen molar-refractivity contribution in [2.75, 3.05) is 13.2 Å². The van der Waals surface area contributed by atoms with Crippen LogP contribution in [-0.4, -0.2) is 29.3 Å². The quantitative estimate of drug-likeness (QED) is 0.768. The smallest absolute Gasteiger partial charge is 0.379 e. The summed E-state index contributed by atoms with van der Waals surface area (Å²) in [4.78, 5) is 15.4. The lowest BCUT2D eigenvalue weighted by Gasteiger charge is -2.18. The summed E-state index contributed by atoms with van der Waals surface area (Å²) < 4.78 is 9.89. The van der Waals surface area contributed by atoms with Crippen LogP contribution in [0.25, 0.3) is 0 Å². The minimum absolute atomic E-state index is 0.00762. The monoisotopic (exact) mass is 225 g/mol. The highest BCUT2D eigenvalue weighted by molar-refractivity contribution is 5.84. The van der Waals surface area contributed by atoms with Gasteiger partial charge in [-0.15, -0.1) is 0 Å². The lowest BCUT2D eigenvalue weighted by atomic mass is 10.0. The van der Waals surface area contributed by atoms with Crippen LogP contribution < -0.4 is 5.32 Å². The molecule has 88 valence electrons. The summed E-state index contributed by atoms with van der Waals surface area (Å²) in [6.45, 7) is 4.95. The molecule has 1 unspecified atom stereocenters. The standard InChI is InChI=1S/C10H15N3O3/c1-3-15-8(14)7-12-9(16-13-7)10(2)5-4-6-11-10/h11H,3-6H2,1-2H3. The maximum absolute atomic E-state index is 11.3. The number of rotatable bonds is 3. The van der Waals surface area contributed by atoms with Crippen molar-refractivity contribution in [3.05, 3.63) is 11.7 Å². The highest BCUT2D eigenvalue weighted by Crippen LogP contribution is 2.28. The number of ether oxygens (including phenoxy) is 1. The van der Waals surface area contributed by atoms with Crippen molar-refractivity contribution in [1.29, 1.82) is 0 Å². The first-order valence-electron chi connectivity index (χ1n) is 5.42. The van der Waals surface area contributed by atoms with Gasteiger partial charge in [-0.25, -0.2) is 4.79 Å². The first kappa shape index (κ1) is 11.1. The Morgan fingerprint density at radius 2 is 2.50 bits per heavy atom. The van der Waals surface area contributed by atoms with Crippen LogP contribution in [0.4, 0.5) is 0 Å². The Labute approximate surface area is 93.4 Å². The number of nitrogens with zero attached hydrogens (tertiary/aromatic N) is 2. The van der Waals surface area contributed by atoms with Gasteiger partial charge in [-0.2, -0.15) is 4.98 Å². The Morgan fingerprint density at radius 1 is 1.69 bits per heavy atom. The van der Waals surface area contributed by atoms with Gasteiger partial charge >= 0.3 is 5.97 Å². The van der Waals surface area contributed by atoms with Crippen LogP contribution in [0.1, 0.15) is 43.2 Å². The average molecular weight is 225 g/mol. The molecule has 1 fully saturated rings. The van der Waals surface area contributed by atoms with Gasteiger partial charge < -0.3 is 14.6 Å². The maximum Gasteiger partial charge on any atom is 0.379 e. The van der Waals surface area contributed by atoms with Gasteiger partial charge in [0.2, 0.25) is 5.89 Å². The number of carbonyl (C=O) groups is 1. The van der Waals surface area contributed by atoms with Crippen molar-refractivity contribution >= 4 is 5.97 Å². The molecule has 0 radical (unpaired) electrons. The zero-order valence-corrected chi connectivity index (χ0v) is 9.45. The fourth-order valence-electron chi connectivity index (χ4n) is 1.80. The molecule has 0 spiro atoms. The normalized spacial score (nSPS) is 24.6. The molecule has 6 nitrogen and oxygen atoms in total. The molecule has 1 aliphatic heterocycles. The Kier molecular flexibility index (Phi) is 2.91. The van der Waals surface area contributed by atoms with E-state index in [0.29, 0.717) is 12.5 Å². The lowest BCUT2D eigenvalue weighted by Crippen LogP contribution is -2.33. The lowest BCUT2D eigenvalue weighted by molar-refractivity contribution is 0.0508. The SMILES string of the molecule is CCOC(=O)c1noc(C2(C)CCCN2)n1. The van der Waals surface area contributed by atoms with Crippen LogP contribution >= 0.6 is 0 Å². The Bertz CT molecular complexity index is 382. The van der Waals surface area contributed by atoms with Crippen LogP contribution in [0.5, 0.6) is 0 Å². The van der Waals surface area contributed by atoms with Gasteiger partial charge in [0, 0.05) is 0 Å². The molecular formula is C10H15N3O3. The number of esters is 1. The number of aromatic nitrogens is 2. The second kappa shape index (κ2) is 4.21. The molecule has 0 bridgehead atoms. The average Bonchev–Trinajstić information content (AvgIpc) is 2.86. The Balaban J connectivity index is 2.16. The van der Waals surface area contributed by atoms with E-state index in [4.69, 9.17) is 9.26 Å². The van der Waals surface area contributed by atoms with E-state index in [1.54, 1.807) is 6.92 Å². The predicted molar refractivity (Wildman–Crippen MR) is 54.8 cm³/mol. The van der Waals surface area contributed by atoms with Gasteiger partial charge in [0.05, 0.1) is 12.1 Å². The van der Waals surface area contributed by atoms with Crippen LogP contribution in [0, 0.1) is 0 Å². The molecule has 16 heavy (non-hydrogen) atoms. The van der Waals surface area contributed by atoms with Crippen LogP contribution in [0.3, 0.4) is 0 Å². The number of hydrogen-bond acceptors (Lipinski definition) is 6. The molecule has 0 amide bonds. The Morgan fingerprint density at radius 3 is 3.12 bits per heavy atom. The summed E-state index contributed by atoms with van der Waals surface area (Å²) in [7, 11) is 0. The first-order valence-corrected chi connectivity index (χ1v) is 5.42. The van der Waals surface area contributed by atoms with E-state index in [-0.39, 0.29) is 11.4 Å². The molecule has 1 saturated heterocycles. The van der Waals surface area contributed by atoms with E-state index >= 15 is 0 Å². The Hall–Kier alpha value is -1.43. The summed E-state index contributed by atoms with van der Waals surface area (Å²) >= 11 is 0. The molecule has 1 aromatic heterocycles. The zero-order chi connectivity index (χ0) is 11.6. The topological polar surface area (TPSA) is 77.2 Å². The molecule has 2 heterocycles. The fraction of sp³-hybridized carbons (Fsp3) is 0.700. The molecule has 6 heteroatoms. The third-order valence-corrected chi connectivity index (χ3v) is 2.72. The number of hydrogen-bond donors (Lipinski definition) is 1. The summed E-state index contributed by atoms with van der Waals surface area (Å²) in [5.41, 5.74) is -0.308. The fourth-order valence-corrected chi connectivity index (χ4v) is 1.80. The molecule has 0 aliphatic carbocycles. The largest absolute Gasteiger partial charge is 0.460 e. The van der Waals surface area contributed by atoms with Crippen molar-refractivity contribution in [3.8, 4) is 0 Å². The van der Waals surface area contributed by atoms with Gasteiger partial charge in [0.1, 0.15) is 0 Å². The van der Waals surface area contributed by atoms with E-state index in [1.807, 2.05) is 6.92 Å². The van der Waals surface area contributed by atoms with Crippen molar-refractivity contribution in [2.24, 2.45) is 0 Å². The molecule has 1 N–H and O–H groups in total. The molecular weight excluding hydrogens is 210 g/mol. The summed E-state index contributed by atoms with van der Waals surface area (Å²) in [6.07, 6.45) is 1.99. The minimum Gasteiger partial charge on any atom is -0.460 e. The number of nitrogens with one attached hydrogen (secondary N) is 1. The molecule has 0 aromatic carbocycles. The molecule has 0 saturated carbocycles. The third-order valence-electron chi connectivity index (χ3n) is 2.72. The predicted octanol–water partition coefficient (Wildman–Crippen LogP) is 0.845. The van der Waals surface area contributed by atoms with Gasteiger partial charge in [0.15, 0.2) is 0 Å². The van der Waals surface area contributed by atoms with E-state index in [9.17, 15) is 4.79 Å². The molecule has 1 aromatic rings. The van der Waals surface area contributed by atoms with Crippen molar-refractivity contribution in [2.45, 2.75) is 32.2 Å². The highest BCUT2D eigenvalue weighted by Gasteiger charge is 2.36. The van der Waals surface area contributed by atoms with Crippen molar-refractivity contribution in [3.63, 3.8) is 0 Å². The van der Waals surface area contributed by atoms with Crippen LogP contribution in [0.2, 0.25) is 0 Å².